The van der Waals surface area contributed by atoms with Gasteiger partial charge in [-0.1, -0.05) is 59.0 Å². The van der Waals surface area contributed by atoms with Crippen LogP contribution in [0.5, 0.6) is 5.75 Å². The second-order valence-electron chi connectivity index (χ2n) is 10.1. The predicted molar refractivity (Wildman–Crippen MR) is 156 cm³/mol. The van der Waals surface area contributed by atoms with E-state index in [1.165, 1.54) is 6.07 Å². The SMILES string of the molecule is Cc1ccc(NC(=O)COc2ccc([C@H]3c4sc(=O)[nH]c4SC4C(=O)N(c5cccc(C(F)(F)F)c5)C(=O)C43)cc2)cc1. The van der Waals surface area contributed by atoms with Crippen molar-refractivity contribution in [2.75, 3.05) is 16.8 Å². The average molecular weight is 626 g/mol. The molecule has 0 spiro atoms. The lowest BCUT2D eigenvalue weighted by atomic mass is 9.83. The predicted octanol–water partition coefficient (Wildman–Crippen LogP) is 5.58. The van der Waals surface area contributed by atoms with Gasteiger partial charge < -0.3 is 15.0 Å². The standard InChI is InChI=1S/C30H22F3N3O5S2/c1-15-5-9-18(10-6-15)34-21(37)14-41-20-11-7-16(8-12-20)22-23-25(42-26-24(22)43-29(40)35-26)28(39)36(27(23)38)19-4-2-3-17(13-19)30(31,32)33/h2-13,22-23,25H,14H2,1H3,(H,34,37)(H,35,40)/t22-,23?,25?/m1/s1. The largest absolute Gasteiger partial charge is 0.484 e. The minimum Gasteiger partial charge on any atom is -0.484 e. The first-order valence-electron chi connectivity index (χ1n) is 13.0. The third kappa shape index (κ3) is 5.57. The first-order chi connectivity index (χ1) is 20.5. The first-order valence-corrected chi connectivity index (χ1v) is 14.7. The van der Waals surface area contributed by atoms with Gasteiger partial charge in [0.05, 0.1) is 22.2 Å². The Morgan fingerprint density at radius 2 is 1.72 bits per heavy atom. The van der Waals surface area contributed by atoms with E-state index in [1.54, 1.807) is 36.4 Å². The molecular formula is C30H22F3N3O5S2. The van der Waals surface area contributed by atoms with Crippen molar-refractivity contribution in [1.29, 1.82) is 0 Å². The molecule has 43 heavy (non-hydrogen) atoms. The highest BCUT2D eigenvalue weighted by Crippen LogP contribution is 2.53. The minimum atomic E-state index is -4.65. The molecule has 2 unspecified atom stereocenters. The number of aromatic amines is 1. The summed E-state index contributed by atoms with van der Waals surface area (Å²) in [6.07, 6.45) is -4.65. The molecule has 1 saturated heterocycles. The molecule has 13 heteroatoms. The highest BCUT2D eigenvalue weighted by Gasteiger charge is 2.56. The quantitative estimate of drug-likeness (QED) is 0.271. The Kier molecular flexibility index (Phi) is 7.38. The van der Waals surface area contributed by atoms with Crippen molar-refractivity contribution in [2.45, 2.75) is 29.3 Å². The van der Waals surface area contributed by atoms with Gasteiger partial charge in [-0.3, -0.25) is 19.2 Å². The van der Waals surface area contributed by atoms with E-state index < -0.39 is 40.6 Å². The van der Waals surface area contributed by atoms with Gasteiger partial charge in [-0.2, -0.15) is 13.2 Å². The molecule has 3 aromatic carbocycles. The van der Waals surface area contributed by atoms with Crippen LogP contribution in [0.2, 0.25) is 0 Å². The Bertz CT molecular complexity index is 1780. The summed E-state index contributed by atoms with van der Waals surface area (Å²) in [5.74, 6) is -2.94. The third-order valence-corrected chi connectivity index (χ3v) is 9.60. The van der Waals surface area contributed by atoms with E-state index in [0.717, 1.165) is 51.8 Å². The van der Waals surface area contributed by atoms with Crippen molar-refractivity contribution in [3.63, 3.8) is 0 Å². The number of hydrogen-bond donors (Lipinski definition) is 2. The molecule has 2 N–H and O–H groups in total. The van der Waals surface area contributed by atoms with E-state index in [2.05, 4.69) is 10.3 Å². The number of benzene rings is 3. The lowest BCUT2D eigenvalue weighted by molar-refractivity contribution is -0.137. The summed E-state index contributed by atoms with van der Waals surface area (Å²) in [5, 5.41) is 2.24. The number of nitrogens with one attached hydrogen (secondary N) is 2. The molecule has 0 saturated carbocycles. The van der Waals surface area contributed by atoms with Crippen molar-refractivity contribution >= 4 is 52.2 Å². The second-order valence-corrected chi connectivity index (χ2v) is 12.2. The van der Waals surface area contributed by atoms with Crippen molar-refractivity contribution in [3.05, 3.63) is 104 Å². The Morgan fingerprint density at radius 1 is 1.00 bits per heavy atom. The van der Waals surface area contributed by atoms with Crippen molar-refractivity contribution in [1.82, 2.24) is 4.98 Å². The Hall–Kier alpha value is -4.36. The van der Waals surface area contributed by atoms with Crippen LogP contribution in [0.15, 0.2) is 82.6 Å². The van der Waals surface area contributed by atoms with Crippen LogP contribution in [0.3, 0.4) is 0 Å². The Labute approximate surface area is 250 Å². The summed E-state index contributed by atoms with van der Waals surface area (Å²) in [6.45, 7) is 1.69. The smallest absolute Gasteiger partial charge is 0.416 e. The number of aromatic nitrogens is 1. The zero-order chi connectivity index (χ0) is 30.5. The molecule has 3 amide bonds. The summed E-state index contributed by atoms with van der Waals surface area (Å²) in [7, 11) is 0. The minimum absolute atomic E-state index is 0.164. The maximum atomic E-state index is 13.8. The van der Waals surface area contributed by atoms with E-state index in [-0.39, 0.29) is 23.1 Å². The molecule has 8 nitrogen and oxygen atoms in total. The van der Waals surface area contributed by atoms with Crippen LogP contribution >= 0.6 is 23.1 Å². The van der Waals surface area contributed by atoms with E-state index in [9.17, 15) is 32.3 Å². The summed E-state index contributed by atoms with van der Waals surface area (Å²) in [4.78, 5) is 55.7. The number of rotatable bonds is 6. The lowest BCUT2D eigenvalue weighted by Gasteiger charge is -2.29. The van der Waals surface area contributed by atoms with Crippen LogP contribution < -0.4 is 19.8 Å². The van der Waals surface area contributed by atoms with E-state index in [0.29, 0.717) is 26.9 Å². The Morgan fingerprint density at radius 3 is 2.42 bits per heavy atom. The first kappa shape index (κ1) is 28.7. The number of fused-ring (bicyclic) bond motifs is 2. The maximum absolute atomic E-state index is 13.8. The molecule has 0 aliphatic carbocycles. The molecule has 3 atom stereocenters. The fourth-order valence-corrected chi connectivity index (χ4v) is 7.72. The third-order valence-electron chi connectivity index (χ3n) is 7.20. The van der Waals surface area contributed by atoms with Gasteiger partial charge in [0, 0.05) is 16.5 Å². The fraction of sp³-hybridized carbons (Fsp3) is 0.200. The number of thioether (sulfide) groups is 1. The number of amides is 3. The number of carbonyl (C=O) groups excluding carboxylic acids is 3. The van der Waals surface area contributed by atoms with Crippen molar-refractivity contribution in [2.24, 2.45) is 5.92 Å². The van der Waals surface area contributed by atoms with Crippen LogP contribution in [0, 0.1) is 12.8 Å². The zero-order valence-electron chi connectivity index (χ0n) is 22.3. The normalized spacial score (nSPS) is 19.6. The number of aryl methyl sites for hydroxylation is 1. The summed E-state index contributed by atoms with van der Waals surface area (Å²) in [6, 6.07) is 18.0. The second kappa shape index (κ2) is 11.0. The topological polar surface area (TPSA) is 109 Å². The molecule has 1 fully saturated rings. The molecule has 4 aromatic rings. The summed E-state index contributed by atoms with van der Waals surface area (Å²) < 4.78 is 45.8. The van der Waals surface area contributed by atoms with Gasteiger partial charge in [-0.15, -0.1) is 0 Å². The van der Waals surface area contributed by atoms with Gasteiger partial charge in [-0.05, 0) is 55.0 Å². The molecule has 2 aliphatic heterocycles. The number of halogens is 3. The molecule has 6 rings (SSSR count). The van der Waals surface area contributed by atoms with Crippen LogP contribution in [0.1, 0.15) is 27.5 Å². The van der Waals surface area contributed by atoms with Crippen LogP contribution in [-0.4, -0.2) is 34.6 Å². The number of thiazole rings is 1. The molecule has 3 heterocycles. The van der Waals surface area contributed by atoms with Crippen molar-refractivity contribution < 1.29 is 32.3 Å². The monoisotopic (exact) mass is 625 g/mol. The van der Waals surface area contributed by atoms with Gasteiger partial charge >= 0.3 is 11.0 Å². The number of carbonyl (C=O) groups is 3. The van der Waals surface area contributed by atoms with E-state index in [4.69, 9.17) is 4.74 Å². The molecule has 0 radical (unpaired) electrons. The summed E-state index contributed by atoms with van der Waals surface area (Å²) >= 11 is 1.96. The number of nitrogens with zero attached hydrogens (tertiary/aromatic N) is 1. The average Bonchev–Trinajstić information content (AvgIpc) is 3.47. The van der Waals surface area contributed by atoms with Crippen LogP contribution in [0.4, 0.5) is 24.5 Å². The van der Waals surface area contributed by atoms with Gasteiger partial charge in [0.15, 0.2) is 6.61 Å². The lowest BCUT2D eigenvalue weighted by Crippen LogP contribution is -2.32. The number of hydrogen-bond acceptors (Lipinski definition) is 7. The number of alkyl halides is 3. The van der Waals surface area contributed by atoms with Crippen molar-refractivity contribution in [3.8, 4) is 5.75 Å². The zero-order valence-corrected chi connectivity index (χ0v) is 23.9. The molecule has 0 bridgehead atoms. The molecule has 220 valence electrons. The molecule has 2 aliphatic rings. The highest BCUT2D eigenvalue weighted by atomic mass is 32.2. The molecule has 1 aromatic heterocycles. The van der Waals surface area contributed by atoms with Gasteiger partial charge in [0.25, 0.3) is 5.91 Å². The highest BCUT2D eigenvalue weighted by molar-refractivity contribution is 8.00. The summed E-state index contributed by atoms with van der Waals surface area (Å²) in [5.41, 5.74) is 1.16. The fourth-order valence-electron chi connectivity index (χ4n) is 5.21. The maximum Gasteiger partial charge on any atom is 0.416 e. The van der Waals surface area contributed by atoms with Gasteiger partial charge in [-0.25, -0.2) is 4.90 Å². The molecular weight excluding hydrogens is 603 g/mol. The van der Waals surface area contributed by atoms with Gasteiger partial charge in [0.1, 0.15) is 11.0 Å². The van der Waals surface area contributed by atoms with Crippen LogP contribution in [-0.2, 0) is 20.6 Å². The van der Waals surface area contributed by atoms with E-state index in [1.807, 2.05) is 19.1 Å². The number of anilines is 2. The number of H-pyrrole nitrogens is 1. The van der Waals surface area contributed by atoms with Gasteiger partial charge in [0.2, 0.25) is 11.8 Å². The number of imide groups is 1. The Balaban J connectivity index is 1.25. The van der Waals surface area contributed by atoms with Crippen LogP contribution in [0.25, 0.3) is 0 Å². The van der Waals surface area contributed by atoms with E-state index >= 15 is 0 Å². The number of ether oxygens (including phenoxy) is 1.